The van der Waals surface area contributed by atoms with Crippen LogP contribution in [0.5, 0.6) is 0 Å². The molecule has 7 heteroatoms. The Labute approximate surface area is 152 Å². The van der Waals surface area contributed by atoms with Gasteiger partial charge in [-0.3, -0.25) is 9.58 Å². The van der Waals surface area contributed by atoms with E-state index >= 15 is 0 Å². The van der Waals surface area contributed by atoms with E-state index in [1.54, 1.807) is 23.1 Å². The van der Waals surface area contributed by atoms with Crippen LogP contribution in [0.4, 0.5) is 14.9 Å². The Balaban J connectivity index is 1.45. The zero-order valence-corrected chi connectivity index (χ0v) is 15.0. The first-order chi connectivity index (χ1) is 12.6. The van der Waals surface area contributed by atoms with E-state index in [0.717, 1.165) is 36.6 Å². The number of rotatable bonds is 3. The molecule has 0 aliphatic carbocycles. The number of nitrogens with one attached hydrogen (secondary N) is 1. The molecule has 2 amide bonds. The average molecular weight is 357 g/mol. The summed E-state index contributed by atoms with van der Waals surface area (Å²) in [6.07, 6.45) is 3.79. The van der Waals surface area contributed by atoms with Crippen molar-refractivity contribution < 1.29 is 9.18 Å². The summed E-state index contributed by atoms with van der Waals surface area (Å²) in [4.78, 5) is 16.7. The van der Waals surface area contributed by atoms with Crippen molar-refractivity contribution in [1.82, 2.24) is 19.6 Å². The zero-order valence-electron chi connectivity index (χ0n) is 15.0. The molecule has 0 spiro atoms. The highest BCUT2D eigenvalue weighted by Crippen LogP contribution is 2.28. The molecule has 2 aromatic rings. The maximum Gasteiger partial charge on any atom is 0.322 e. The van der Waals surface area contributed by atoms with Gasteiger partial charge in [-0.25, -0.2) is 9.18 Å². The highest BCUT2D eigenvalue weighted by Gasteiger charge is 2.30. The summed E-state index contributed by atoms with van der Waals surface area (Å²) in [7, 11) is 1.93. The minimum Gasteiger partial charge on any atom is -0.314 e. The first kappa shape index (κ1) is 17.0. The molecule has 138 valence electrons. The van der Waals surface area contributed by atoms with Gasteiger partial charge in [-0.1, -0.05) is 18.6 Å². The Morgan fingerprint density at radius 2 is 1.96 bits per heavy atom. The van der Waals surface area contributed by atoms with E-state index < -0.39 is 5.82 Å². The van der Waals surface area contributed by atoms with E-state index in [4.69, 9.17) is 0 Å². The van der Waals surface area contributed by atoms with Crippen molar-refractivity contribution in [3.05, 3.63) is 47.0 Å². The predicted octanol–water partition coefficient (Wildman–Crippen LogP) is 3.09. The van der Waals surface area contributed by atoms with E-state index in [0.29, 0.717) is 13.1 Å². The van der Waals surface area contributed by atoms with E-state index in [-0.39, 0.29) is 11.7 Å². The second-order valence-corrected chi connectivity index (χ2v) is 7.10. The number of halogens is 1. The molecule has 26 heavy (non-hydrogen) atoms. The number of amides is 2. The molecule has 1 saturated heterocycles. The topological polar surface area (TPSA) is 53.4 Å². The van der Waals surface area contributed by atoms with Gasteiger partial charge in [0.05, 0.1) is 30.2 Å². The first-order valence-electron chi connectivity index (χ1n) is 9.18. The molecule has 3 heterocycles. The molecule has 0 radical (unpaired) electrons. The fourth-order valence-corrected chi connectivity index (χ4v) is 3.83. The van der Waals surface area contributed by atoms with Crippen LogP contribution in [-0.4, -0.2) is 38.7 Å². The molecule has 2 aliphatic heterocycles. The summed E-state index contributed by atoms with van der Waals surface area (Å²) in [6.45, 7) is 4.09. The maximum absolute atomic E-state index is 13.8. The van der Waals surface area contributed by atoms with Gasteiger partial charge in [0, 0.05) is 19.2 Å². The highest BCUT2D eigenvalue weighted by atomic mass is 19.1. The van der Waals surface area contributed by atoms with Gasteiger partial charge in [-0.15, -0.1) is 0 Å². The number of nitrogens with zero attached hydrogens (tertiary/aromatic N) is 4. The number of urea groups is 1. The van der Waals surface area contributed by atoms with Crippen LogP contribution in [0, 0.1) is 5.82 Å². The van der Waals surface area contributed by atoms with Crippen LogP contribution in [0.15, 0.2) is 24.3 Å². The molecule has 1 N–H and O–H groups in total. The predicted molar refractivity (Wildman–Crippen MR) is 97.0 cm³/mol. The lowest BCUT2D eigenvalue weighted by Gasteiger charge is -2.26. The number of fused-ring (bicyclic) bond motifs is 1. The lowest BCUT2D eigenvalue weighted by atomic mass is 10.1. The number of hydrogen-bond donors (Lipinski definition) is 1. The highest BCUT2D eigenvalue weighted by molar-refractivity contribution is 5.89. The third kappa shape index (κ3) is 3.31. The molecule has 0 unspecified atom stereocenters. The fraction of sp³-hybridized carbons (Fsp3) is 0.474. The number of anilines is 1. The van der Waals surface area contributed by atoms with Crippen molar-refractivity contribution in [2.75, 3.05) is 18.4 Å². The molecule has 4 rings (SSSR count). The molecular formula is C19H24FN5O. The van der Waals surface area contributed by atoms with Gasteiger partial charge in [-0.2, -0.15) is 5.10 Å². The lowest BCUT2D eigenvalue weighted by molar-refractivity contribution is 0.208. The van der Waals surface area contributed by atoms with Crippen LogP contribution in [-0.2, 0) is 26.7 Å². The van der Waals surface area contributed by atoms with Crippen LogP contribution in [0.2, 0.25) is 0 Å². The van der Waals surface area contributed by atoms with Crippen LogP contribution in [0.1, 0.15) is 36.2 Å². The molecule has 6 nitrogen and oxygen atoms in total. The molecule has 2 aliphatic rings. The molecule has 0 bridgehead atoms. The zero-order chi connectivity index (χ0) is 18.1. The number of benzene rings is 1. The van der Waals surface area contributed by atoms with E-state index in [1.807, 2.05) is 11.7 Å². The van der Waals surface area contributed by atoms with Gasteiger partial charge in [0.1, 0.15) is 5.82 Å². The summed E-state index contributed by atoms with van der Waals surface area (Å²) in [5, 5.41) is 7.34. The molecule has 1 fully saturated rings. The number of piperidine rings is 1. The van der Waals surface area contributed by atoms with Crippen molar-refractivity contribution >= 4 is 11.7 Å². The van der Waals surface area contributed by atoms with Gasteiger partial charge in [0.2, 0.25) is 0 Å². The van der Waals surface area contributed by atoms with Crippen molar-refractivity contribution in [3.8, 4) is 0 Å². The van der Waals surface area contributed by atoms with Crippen LogP contribution in [0.3, 0.4) is 0 Å². The summed E-state index contributed by atoms with van der Waals surface area (Å²) >= 11 is 0. The van der Waals surface area contributed by atoms with Gasteiger partial charge < -0.3 is 10.2 Å². The van der Waals surface area contributed by atoms with Crippen molar-refractivity contribution in [2.24, 2.45) is 7.05 Å². The quantitative estimate of drug-likeness (QED) is 0.918. The number of aromatic nitrogens is 2. The summed E-state index contributed by atoms with van der Waals surface area (Å²) < 4.78 is 15.7. The number of hydrogen-bond acceptors (Lipinski definition) is 3. The standard InChI is InChI=1S/C19H24FN5O/c1-23-18-13-25(19(26)21-16-8-4-3-7-15(16)20)11-14(18)17(22-23)12-24-9-5-2-6-10-24/h3-4,7-8H,2,5-6,9-13H2,1H3,(H,21,26). The van der Waals surface area contributed by atoms with E-state index in [1.165, 1.54) is 25.3 Å². The SMILES string of the molecule is Cn1nc(CN2CCCCC2)c2c1CN(C(=O)Nc1ccccc1F)C2. The second kappa shape index (κ2) is 7.07. The summed E-state index contributed by atoms with van der Waals surface area (Å²) in [5.74, 6) is -0.426. The number of carbonyl (C=O) groups excluding carboxylic acids is 1. The number of likely N-dealkylation sites (tertiary alicyclic amines) is 1. The molecule has 0 atom stereocenters. The van der Waals surface area contributed by atoms with Gasteiger partial charge >= 0.3 is 6.03 Å². The summed E-state index contributed by atoms with van der Waals surface area (Å²) in [6, 6.07) is 5.94. The number of carbonyl (C=O) groups is 1. The largest absolute Gasteiger partial charge is 0.322 e. The van der Waals surface area contributed by atoms with E-state index in [9.17, 15) is 9.18 Å². The normalized spacial score (nSPS) is 17.4. The van der Waals surface area contributed by atoms with Crippen LogP contribution >= 0.6 is 0 Å². The summed E-state index contributed by atoms with van der Waals surface area (Å²) in [5.41, 5.74) is 3.48. The van der Waals surface area contributed by atoms with Gasteiger partial charge in [0.15, 0.2) is 0 Å². The monoisotopic (exact) mass is 357 g/mol. The van der Waals surface area contributed by atoms with Crippen molar-refractivity contribution in [3.63, 3.8) is 0 Å². The second-order valence-electron chi connectivity index (χ2n) is 7.10. The third-order valence-electron chi connectivity index (χ3n) is 5.27. The number of aryl methyl sites for hydroxylation is 1. The Morgan fingerprint density at radius 1 is 1.19 bits per heavy atom. The fourth-order valence-electron chi connectivity index (χ4n) is 3.83. The molecular weight excluding hydrogens is 333 g/mol. The van der Waals surface area contributed by atoms with Crippen molar-refractivity contribution in [1.29, 1.82) is 0 Å². The maximum atomic E-state index is 13.8. The molecule has 1 aromatic carbocycles. The minimum absolute atomic E-state index is 0.208. The Bertz CT molecular complexity index is 812. The van der Waals surface area contributed by atoms with Crippen LogP contribution < -0.4 is 5.32 Å². The van der Waals surface area contributed by atoms with Crippen LogP contribution in [0.25, 0.3) is 0 Å². The number of para-hydroxylation sites is 1. The molecule has 0 saturated carbocycles. The Kier molecular flexibility index (Phi) is 4.63. The third-order valence-corrected chi connectivity index (χ3v) is 5.27. The Morgan fingerprint density at radius 3 is 2.73 bits per heavy atom. The molecule has 1 aromatic heterocycles. The lowest BCUT2D eigenvalue weighted by Crippen LogP contribution is -2.32. The average Bonchev–Trinajstić information content (AvgIpc) is 3.20. The van der Waals surface area contributed by atoms with Gasteiger partial charge in [0.25, 0.3) is 0 Å². The minimum atomic E-state index is -0.426. The van der Waals surface area contributed by atoms with E-state index in [2.05, 4.69) is 15.3 Å². The first-order valence-corrected chi connectivity index (χ1v) is 9.18. The Hall–Kier alpha value is -2.41. The smallest absolute Gasteiger partial charge is 0.314 e. The van der Waals surface area contributed by atoms with Crippen molar-refractivity contribution in [2.45, 2.75) is 38.9 Å². The van der Waals surface area contributed by atoms with Gasteiger partial charge in [-0.05, 0) is 38.1 Å².